The highest BCUT2D eigenvalue weighted by molar-refractivity contribution is 5.81. The quantitative estimate of drug-likeness (QED) is 0.233. The van der Waals surface area contributed by atoms with Gasteiger partial charge < -0.3 is 4.74 Å². The fraction of sp³-hybridized carbons (Fsp3) is 0.833. The normalized spacial score (nSPS) is 12.1. The molecule has 1 unspecified atom stereocenters. The summed E-state index contributed by atoms with van der Waals surface area (Å²) in [4.78, 5) is 11.0. The van der Waals surface area contributed by atoms with E-state index in [2.05, 4.69) is 20.4 Å². The van der Waals surface area contributed by atoms with Crippen LogP contribution in [0.5, 0.6) is 0 Å². The lowest BCUT2D eigenvalue weighted by atomic mass is 9.91. The number of carbonyl (C=O) groups is 1. The van der Waals surface area contributed by atoms with Crippen LogP contribution in [0.3, 0.4) is 0 Å². The van der Waals surface area contributed by atoms with Crippen molar-refractivity contribution in [2.45, 2.75) is 84.5 Å². The minimum Gasteiger partial charge on any atom is -0.463 e. The number of carbonyl (C=O) groups excluding carboxylic acids is 1. The third kappa shape index (κ3) is 12.3. The predicted octanol–water partition coefficient (Wildman–Crippen LogP) is 5.66. The van der Waals surface area contributed by atoms with Crippen LogP contribution in [0.15, 0.2) is 12.7 Å². The van der Waals surface area contributed by atoms with Crippen LogP contribution >= 0.6 is 0 Å². The molecule has 0 radical (unpaired) electrons. The Morgan fingerprint density at radius 3 is 2.10 bits per heavy atom. The number of hydrogen-bond acceptors (Lipinski definition) is 2. The van der Waals surface area contributed by atoms with Crippen LogP contribution in [-0.4, -0.2) is 12.6 Å². The molecular weight excluding hydrogens is 248 g/mol. The molecule has 0 aromatic carbocycles. The van der Waals surface area contributed by atoms with Gasteiger partial charge in [-0.15, -0.1) is 0 Å². The Bertz CT molecular complexity index is 236. The van der Waals surface area contributed by atoms with E-state index in [0.717, 1.165) is 12.3 Å². The van der Waals surface area contributed by atoms with Gasteiger partial charge in [0.05, 0.1) is 6.61 Å². The summed E-state index contributed by atoms with van der Waals surface area (Å²) < 4.78 is 5.05. The average Bonchev–Trinajstić information content (AvgIpc) is 2.47. The molecule has 0 saturated heterocycles. The van der Waals surface area contributed by atoms with Crippen LogP contribution in [0.25, 0.3) is 0 Å². The molecule has 118 valence electrons. The van der Waals surface area contributed by atoms with E-state index in [1.165, 1.54) is 70.3 Å². The summed E-state index contributed by atoms with van der Waals surface area (Å²) in [6, 6.07) is 0. The van der Waals surface area contributed by atoms with Gasteiger partial charge in [-0.05, 0) is 18.8 Å². The highest BCUT2D eigenvalue weighted by Gasteiger charge is 2.08. The molecule has 0 fully saturated rings. The zero-order valence-electron chi connectivity index (χ0n) is 13.7. The molecule has 0 aliphatic heterocycles. The Morgan fingerprint density at radius 1 is 0.950 bits per heavy atom. The zero-order valence-corrected chi connectivity index (χ0v) is 13.7. The number of esters is 1. The fourth-order valence-corrected chi connectivity index (χ4v) is 2.58. The minimum absolute atomic E-state index is 0.296. The van der Waals surface area contributed by atoms with Crippen molar-refractivity contribution in [3.05, 3.63) is 12.7 Å². The molecule has 0 aromatic heterocycles. The van der Waals surface area contributed by atoms with E-state index in [0.29, 0.717) is 6.61 Å². The molecule has 0 aliphatic carbocycles. The van der Waals surface area contributed by atoms with Crippen LogP contribution in [-0.2, 0) is 9.53 Å². The van der Waals surface area contributed by atoms with E-state index in [1.54, 1.807) is 0 Å². The molecule has 0 N–H and O–H groups in total. The van der Waals surface area contributed by atoms with Crippen molar-refractivity contribution in [3.8, 4) is 0 Å². The maximum atomic E-state index is 11.0. The predicted molar refractivity (Wildman–Crippen MR) is 86.8 cm³/mol. The first kappa shape index (κ1) is 19.2. The highest BCUT2D eigenvalue weighted by atomic mass is 16.5. The summed E-state index contributed by atoms with van der Waals surface area (Å²) in [5.41, 5.74) is 0. The molecule has 0 bridgehead atoms. The second-order valence-corrected chi connectivity index (χ2v) is 5.72. The Kier molecular flexibility index (Phi) is 14.0. The maximum Gasteiger partial charge on any atom is 0.330 e. The summed E-state index contributed by atoms with van der Waals surface area (Å²) in [6.45, 7) is 8.47. The Balaban J connectivity index is 3.78. The van der Waals surface area contributed by atoms with Crippen molar-refractivity contribution < 1.29 is 9.53 Å². The zero-order chi connectivity index (χ0) is 15.1. The second kappa shape index (κ2) is 14.6. The monoisotopic (exact) mass is 282 g/mol. The first-order chi connectivity index (χ1) is 9.74. The molecule has 0 heterocycles. The van der Waals surface area contributed by atoms with Crippen LogP contribution in [0.1, 0.15) is 84.5 Å². The summed E-state index contributed by atoms with van der Waals surface area (Å²) in [5.74, 6) is 0.524. The van der Waals surface area contributed by atoms with Gasteiger partial charge in [0, 0.05) is 6.08 Å². The van der Waals surface area contributed by atoms with E-state index in [4.69, 9.17) is 4.74 Å². The molecule has 0 amide bonds. The maximum absolute atomic E-state index is 11.0. The van der Waals surface area contributed by atoms with Gasteiger partial charge in [-0.25, -0.2) is 4.79 Å². The summed E-state index contributed by atoms with van der Waals surface area (Å²) in [6.07, 6.45) is 15.5. The van der Waals surface area contributed by atoms with E-state index < -0.39 is 0 Å². The molecule has 2 heteroatoms. The van der Waals surface area contributed by atoms with Gasteiger partial charge in [0.25, 0.3) is 0 Å². The van der Waals surface area contributed by atoms with Crippen LogP contribution < -0.4 is 0 Å². The largest absolute Gasteiger partial charge is 0.463 e. The first-order valence-electron chi connectivity index (χ1n) is 8.53. The van der Waals surface area contributed by atoms with Crippen LogP contribution in [0, 0.1) is 5.92 Å². The fourth-order valence-electron chi connectivity index (χ4n) is 2.58. The molecule has 0 aliphatic rings. The van der Waals surface area contributed by atoms with Crippen molar-refractivity contribution in [1.29, 1.82) is 0 Å². The molecule has 0 spiro atoms. The van der Waals surface area contributed by atoms with Crippen LogP contribution in [0.4, 0.5) is 0 Å². The third-order valence-corrected chi connectivity index (χ3v) is 3.85. The Hall–Kier alpha value is -0.790. The van der Waals surface area contributed by atoms with Crippen molar-refractivity contribution in [1.82, 2.24) is 0 Å². The summed E-state index contributed by atoms with van der Waals surface area (Å²) >= 11 is 0. The van der Waals surface area contributed by atoms with Gasteiger partial charge in [0.15, 0.2) is 0 Å². The first-order valence-corrected chi connectivity index (χ1v) is 8.53. The van der Waals surface area contributed by atoms with E-state index in [1.807, 2.05) is 0 Å². The van der Waals surface area contributed by atoms with Gasteiger partial charge in [0.1, 0.15) is 0 Å². The number of ether oxygens (including phenoxy) is 1. The van der Waals surface area contributed by atoms with E-state index in [-0.39, 0.29) is 5.97 Å². The number of unbranched alkanes of at least 4 members (excludes halogenated alkanes) is 5. The van der Waals surface area contributed by atoms with Gasteiger partial charge in [0.2, 0.25) is 0 Å². The van der Waals surface area contributed by atoms with Crippen LogP contribution in [0.2, 0.25) is 0 Å². The van der Waals surface area contributed by atoms with Crippen molar-refractivity contribution in [2.24, 2.45) is 5.92 Å². The highest BCUT2D eigenvalue weighted by Crippen LogP contribution is 2.22. The van der Waals surface area contributed by atoms with Crippen molar-refractivity contribution >= 4 is 5.97 Å². The molecule has 0 aromatic rings. The van der Waals surface area contributed by atoms with Gasteiger partial charge in [-0.1, -0.05) is 78.2 Å². The summed E-state index contributed by atoms with van der Waals surface area (Å²) in [7, 11) is 0. The van der Waals surface area contributed by atoms with Gasteiger partial charge in [-0.2, -0.15) is 0 Å². The summed E-state index contributed by atoms with van der Waals surface area (Å²) in [5, 5.41) is 0. The lowest BCUT2D eigenvalue weighted by molar-refractivity contribution is -0.137. The second-order valence-electron chi connectivity index (χ2n) is 5.72. The molecule has 1 atom stereocenters. The topological polar surface area (TPSA) is 26.3 Å². The SMILES string of the molecule is C=CC(=O)OCCCC(CCCCC)CCCCCC. The van der Waals surface area contributed by atoms with Gasteiger partial charge in [-0.3, -0.25) is 0 Å². The molecule has 0 rings (SSSR count). The number of rotatable bonds is 14. The lowest BCUT2D eigenvalue weighted by Gasteiger charge is -2.16. The Morgan fingerprint density at radius 2 is 1.50 bits per heavy atom. The third-order valence-electron chi connectivity index (χ3n) is 3.85. The Labute approximate surface area is 126 Å². The standard InChI is InChI=1S/C18H34O2/c1-4-7-9-11-14-17(13-10-8-5-2)15-12-16-20-18(19)6-3/h6,17H,3-5,7-16H2,1-2H3. The minimum atomic E-state index is -0.296. The molecule has 2 nitrogen and oxygen atoms in total. The van der Waals surface area contributed by atoms with Crippen molar-refractivity contribution in [2.75, 3.05) is 6.61 Å². The van der Waals surface area contributed by atoms with Gasteiger partial charge >= 0.3 is 5.97 Å². The smallest absolute Gasteiger partial charge is 0.330 e. The molecule has 20 heavy (non-hydrogen) atoms. The van der Waals surface area contributed by atoms with Crippen molar-refractivity contribution in [3.63, 3.8) is 0 Å². The molecular formula is C18H34O2. The van der Waals surface area contributed by atoms with E-state index in [9.17, 15) is 4.79 Å². The average molecular weight is 282 g/mol. The van der Waals surface area contributed by atoms with E-state index >= 15 is 0 Å². The number of hydrogen-bond donors (Lipinski definition) is 0. The molecule has 0 saturated carbocycles. The lowest BCUT2D eigenvalue weighted by Crippen LogP contribution is -2.06.